The van der Waals surface area contributed by atoms with Gasteiger partial charge >= 0.3 is 0 Å². The van der Waals surface area contributed by atoms with Gasteiger partial charge in [-0.2, -0.15) is 0 Å². The fourth-order valence-corrected chi connectivity index (χ4v) is 2.21. The molecule has 1 fully saturated rings. The minimum Gasteiger partial charge on any atom is -0.376 e. The SMILES string of the molecule is CNC(c1ccc(C)cc1)C1CCCO1. The summed E-state index contributed by atoms with van der Waals surface area (Å²) in [4.78, 5) is 0. The highest BCUT2D eigenvalue weighted by atomic mass is 16.5. The van der Waals surface area contributed by atoms with E-state index in [4.69, 9.17) is 4.74 Å². The van der Waals surface area contributed by atoms with Gasteiger partial charge in [-0.1, -0.05) is 29.8 Å². The predicted molar refractivity (Wildman–Crippen MR) is 62.0 cm³/mol. The lowest BCUT2D eigenvalue weighted by Crippen LogP contribution is -2.28. The van der Waals surface area contributed by atoms with Gasteiger partial charge in [0.1, 0.15) is 0 Å². The molecule has 1 aromatic carbocycles. The molecule has 2 heteroatoms. The smallest absolute Gasteiger partial charge is 0.0770 e. The molecule has 15 heavy (non-hydrogen) atoms. The van der Waals surface area contributed by atoms with Gasteiger partial charge in [-0.3, -0.25) is 0 Å². The van der Waals surface area contributed by atoms with Crippen LogP contribution in [0, 0.1) is 6.92 Å². The second kappa shape index (κ2) is 4.77. The van der Waals surface area contributed by atoms with Gasteiger partial charge in [-0.15, -0.1) is 0 Å². The molecule has 0 radical (unpaired) electrons. The Morgan fingerprint density at radius 2 is 2.07 bits per heavy atom. The summed E-state index contributed by atoms with van der Waals surface area (Å²) in [7, 11) is 2.01. The second-order valence-electron chi connectivity index (χ2n) is 4.23. The van der Waals surface area contributed by atoms with E-state index >= 15 is 0 Å². The van der Waals surface area contributed by atoms with Crippen LogP contribution < -0.4 is 5.32 Å². The first-order valence-corrected chi connectivity index (χ1v) is 5.66. The molecule has 1 saturated heterocycles. The highest BCUT2D eigenvalue weighted by Crippen LogP contribution is 2.26. The Morgan fingerprint density at radius 1 is 1.33 bits per heavy atom. The number of aryl methyl sites for hydroxylation is 1. The van der Waals surface area contributed by atoms with E-state index in [9.17, 15) is 0 Å². The summed E-state index contributed by atoms with van der Waals surface area (Å²) in [6, 6.07) is 9.05. The maximum absolute atomic E-state index is 5.73. The van der Waals surface area contributed by atoms with E-state index in [2.05, 4.69) is 36.5 Å². The zero-order valence-electron chi connectivity index (χ0n) is 9.49. The highest BCUT2D eigenvalue weighted by molar-refractivity contribution is 5.25. The molecule has 2 atom stereocenters. The van der Waals surface area contributed by atoms with Crippen LogP contribution in [0.2, 0.25) is 0 Å². The summed E-state index contributed by atoms with van der Waals surface area (Å²) in [5.41, 5.74) is 2.64. The number of hydrogen-bond donors (Lipinski definition) is 1. The van der Waals surface area contributed by atoms with Gasteiger partial charge in [-0.05, 0) is 32.4 Å². The van der Waals surface area contributed by atoms with E-state index in [1.807, 2.05) is 7.05 Å². The Morgan fingerprint density at radius 3 is 2.60 bits per heavy atom. The molecule has 2 rings (SSSR count). The van der Waals surface area contributed by atoms with Gasteiger partial charge in [0.05, 0.1) is 12.1 Å². The summed E-state index contributed by atoms with van der Waals surface area (Å²) in [6.07, 6.45) is 2.70. The van der Waals surface area contributed by atoms with Crippen LogP contribution in [0.15, 0.2) is 24.3 Å². The maximum Gasteiger partial charge on any atom is 0.0770 e. The first-order valence-electron chi connectivity index (χ1n) is 5.66. The summed E-state index contributed by atoms with van der Waals surface area (Å²) in [6.45, 7) is 3.03. The fraction of sp³-hybridized carbons (Fsp3) is 0.538. The van der Waals surface area contributed by atoms with Gasteiger partial charge < -0.3 is 10.1 Å². The van der Waals surface area contributed by atoms with Gasteiger partial charge in [0, 0.05) is 6.61 Å². The van der Waals surface area contributed by atoms with E-state index < -0.39 is 0 Å². The van der Waals surface area contributed by atoms with E-state index in [0.717, 1.165) is 6.61 Å². The Bertz CT molecular complexity index is 301. The van der Waals surface area contributed by atoms with Gasteiger partial charge in [0.15, 0.2) is 0 Å². The molecule has 0 aliphatic carbocycles. The van der Waals surface area contributed by atoms with Crippen LogP contribution in [0.1, 0.15) is 30.0 Å². The molecule has 0 aromatic heterocycles. The van der Waals surface area contributed by atoms with Crippen molar-refractivity contribution in [2.45, 2.75) is 31.9 Å². The lowest BCUT2D eigenvalue weighted by molar-refractivity contribution is 0.0808. The topological polar surface area (TPSA) is 21.3 Å². The van der Waals surface area contributed by atoms with Crippen molar-refractivity contribution in [3.05, 3.63) is 35.4 Å². The lowest BCUT2D eigenvalue weighted by Gasteiger charge is -2.22. The molecule has 2 nitrogen and oxygen atoms in total. The number of ether oxygens (including phenoxy) is 1. The first kappa shape index (κ1) is 10.7. The highest BCUT2D eigenvalue weighted by Gasteiger charge is 2.25. The van der Waals surface area contributed by atoms with Crippen LogP contribution in [-0.2, 0) is 4.74 Å². The van der Waals surface area contributed by atoms with Gasteiger partial charge in [0.25, 0.3) is 0 Å². The van der Waals surface area contributed by atoms with E-state index in [0.29, 0.717) is 12.1 Å². The van der Waals surface area contributed by atoms with Crippen molar-refractivity contribution in [3.8, 4) is 0 Å². The third-order valence-corrected chi connectivity index (χ3v) is 3.08. The Labute approximate surface area is 91.6 Å². The summed E-state index contributed by atoms with van der Waals surface area (Å²) in [5.74, 6) is 0. The Kier molecular flexibility index (Phi) is 3.39. The van der Waals surface area contributed by atoms with Crippen molar-refractivity contribution in [1.82, 2.24) is 5.32 Å². The first-order chi connectivity index (χ1) is 7.31. The Hall–Kier alpha value is -0.860. The van der Waals surface area contributed by atoms with Gasteiger partial charge in [-0.25, -0.2) is 0 Å². The van der Waals surface area contributed by atoms with Crippen LogP contribution in [-0.4, -0.2) is 19.8 Å². The van der Waals surface area contributed by atoms with Crippen molar-refractivity contribution < 1.29 is 4.74 Å². The zero-order valence-corrected chi connectivity index (χ0v) is 9.49. The summed E-state index contributed by atoms with van der Waals surface area (Å²) < 4.78 is 5.73. The molecular formula is C13H19NO. The molecule has 82 valence electrons. The third-order valence-electron chi connectivity index (χ3n) is 3.08. The van der Waals surface area contributed by atoms with Crippen LogP contribution in [0.5, 0.6) is 0 Å². The average molecular weight is 205 g/mol. The number of hydrogen-bond acceptors (Lipinski definition) is 2. The van der Waals surface area contributed by atoms with Crippen molar-refractivity contribution in [3.63, 3.8) is 0 Å². The van der Waals surface area contributed by atoms with Crippen molar-refractivity contribution in [2.75, 3.05) is 13.7 Å². The van der Waals surface area contributed by atoms with E-state index in [1.54, 1.807) is 0 Å². The number of likely N-dealkylation sites (N-methyl/N-ethyl adjacent to an activating group) is 1. The largest absolute Gasteiger partial charge is 0.376 e. The predicted octanol–water partition coefficient (Wildman–Crippen LogP) is 2.43. The molecule has 2 unspecified atom stereocenters. The fourth-order valence-electron chi connectivity index (χ4n) is 2.21. The van der Waals surface area contributed by atoms with Crippen molar-refractivity contribution >= 4 is 0 Å². The minimum absolute atomic E-state index is 0.341. The van der Waals surface area contributed by atoms with Crippen LogP contribution in [0.4, 0.5) is 0 Å². The molecule has 1 N–H and O–H groups in total. The molecule has 0 spiro atoms. The number of benzene rings is 1. The van der Waals surface area contributed by atoms with Crippen LogP contribution >= 0.6 is 0 Å². The molecule has 1 heterocycles. The number of rotatable bonds is 3. The molecule has 0 amide bonds. The standard InChI is InChI=1S/C13H19NO/c1-10-5-7-11(8-6-10)13(14-2)12-4-3-9-15-12/h5-8,12-14H,3-4,9H2,1-2H3. The van der Waals surface area contributed by atoms with Crippen molar-refractivity contribution in [1.29, 1.82) is 0 Å². The molecule has 1 aromatic rings. The minimum atomic E-state index is 0.341. The number of nitrogens with one attached hydrogen (secondary N) is 1. The van der Waals surface area contributed by atoms with Gasteiger partial charge in [0.2, 0.25) is 0 Å². The zero-order chi connectivity index (χ0) is 10.7. The molecule has 0 saturated carbocycles. The second-order valence-corrected chi connectivity index (χ2v) is 4.23. The average Bonchev–Trinajstić information content (AvgIpc) is 2.75. The molecule has 1 aliphatic rings. The molecule has 1 aliphatic heterocycles. The van der Waals surface area contributed by atoms with Crippen LogP contribution in [0.3, 0.4) is 0 Å². The normalized spacial score (nSPS) is 22.9. The van der Waals surface area contributed by atoms with Crippen LogP contribution in [0.25, 0.3) is 0 Å². The lowest BCUT2D eigenvalue weighted by atomic mass is 9.99. The molecular weight excluding hydrogens is 186 g/mol. The Balaban J connectivity index is 2.14. The third kappa shape index (κ3) is 2.39. The van der Waals surface area contributed by atoms with Crippen molar-refractivity contribution in [2.24, 2.45) is 0 Å². The monoisotopic (exact) mass is 205 g/mol. The quantitative estimate of drug-likeness (QED) is 0.818. The molecule has 0 bridgehead atoms. The summed E-state index contributed by atoms with van der Waals surface area (Å²) >= 11 is 0. The summed E-state index contributed by atoms with van der Waals surface area (Å²) in [5, 5.41) is 3.35. The van der Waals surface area contributed by atoms with E-state index in [1.165, 1.54) is 24.0 Å². The van der Waals surface area contributed by atoms with E-state index in [-0.39, 0.29) is 0 Å². The maximum atomic E-state index is 5.73.